The number of likely N-dealkylation sites (tertiary alicyclic amines) is 1. The zero-order chi connectivity index (χ0) is 17.3. The number of aromatic nitrogens is 2. The van der Waals surface area contributed by atoms with Crippen molar-refractivity contribution in [2.24, 2.45) is 7.05 Å². The lowest BCUT2D eigenvalue weighted by molar-refractivity contribution is 0.0930. The van der Waals surface area contributed by atoms with Gasteiger partial charge in [-0.1, -0.05) is 0 Å². The van der Waals surface area contributed by atoms with E-state index in [4.69, 9.17) is 5.26 Å². The quantitative estimate of drug-likeness (QED) is 0.868. The van der Waals surface area contributed by atoms with Crippen LogP contribution in [0.4, 0.5) is 8.78 Å². The lowest BCUT2D eigenvalue weighted by Crippen LogP contribution is -2.37. The molecule has 1 aromatic carbocycles. The van der Waals surface area contributed by atoms with E-state index in [-0.39, 0.29) is 6.04 Å². The maximum absolute atomic E-state index is 14.3. The fourth-order valence-corrected chi connectivity index (χ4v) is 2.75. The molecular formula is C16H15F2N5O. The fourth-order valence-electron chi connectivity index (χ4n) is 2.75. The summed E-state index contributed by atoms with van der Waals surface area (Å²) in [5.74, 6) is -2.67. The van der Waals surface area contributed by atoms with Crippen molar-refractivity contribution >= 4 is 5.91 Å². The van der Waals surface area contributed by atoms with E-state index in [0.717, 1.165) is 12.1 Å². The normalized spacial score (nSPS) is 16.9. The van der Waals surface area contributed by atoms with Gasteiger partial charge in [-0.25, -0.2) is 8.78 Å². The van der Waals surface area contributed by atoms with Crippen LogP contribution in [-0.4, -0.2) is 39.7 Å². The molecule has 1 aliphatic heterocycles. The average molecular weight is 331 g/mol. The maximum Gasteiger partial charge on any atom is 0.257 e. The summed E-state index contributed by atoms with van der Waals surface area (Å²) in [6.45, 7) is 0.867. The minimum Gasteiger partial charge on any atom is -0.347 e. The van der Waals surface area contributed by atoms with E-state index in [9.17, 15) is 13.6 Å². The smallest absolute Gasteiger partial charge is 0.257 e. The second kappa shape index (κ2) is 6.28. The third-order valence-electron chi connectivity index (χ3n) is 3.97. The van der Waals surface area contributed by atoms with Gasteiger partial charge in [0.05, 0.1) is 6.20 Å². The Morgan fingerprint density at radius 3 is 2.62 bits per heavy atom. The van der Waals surface area contributed by atoms with Crippen molar-refractivity contribution in [1.29, 1.82) is 5.26 Å². The lowest BCUT2D eigenvalue weighted by Gasteiger charge is -2.13. The van der Waals surface area contributed by atoms with E-state index in [0.29, 0.717) is 30.6 Å². The van der Waals surface area contributed by atoms with Crippen molar-refractivity contribution in [1.82, 2.24) is 20.0 Å². The highest BCUT2D eigenvalue weighted by Crippen LogP contribution is 2.24. The van der Waals surface area contributed by atoms with Crippen LogP contribution in [0.1, 0.15) is 16.8 Å². The monoisotopic (exact) mass is 331 g/mol. The molecule has 1 aromatic heterocycles. The standard InChI is InChI=1S/C16H15F2N5O/c1-22-7-11(6-20-22)10-4-13(17)15(14(18)5-10)16(24)21-12-2-3-23(8-12)9-19/h4-7,12H,2-3,8H2,1H3,(H,21,24). The fraction of sp³-hybridized carbons (Fsp3) is 0.312. The van der Waals surface area contributed by atoms with Crippen LogP contribution in [0.5, 0.6) is 0 Å². The summed E-state index contributed by atoms with van der Waals surface area (Å²) >= 11 is 0. The Labute approximate surface area is 137 Å². The van der Waals surface area contributed by atoms with Crippen LogP contribution in [0.15, 0.2) is 24.5 Å². The molecule has 1 amide bonds. The van der Waals surface area contributed by atoms with Crippen LogP contribution in [0, 0.1) is 23.1 Å². The first-order chi connectivity index (χ1) is 11.5. The maximum atomic E-state index is 14.3. The van der Waals surface area contributed by atoms with Crippen molar-refractivity contribution < 1.29 is 13.6 Å². The first-order valence-electron chi connectivity index (χ1n) is 7.41. The summed E-state index contributed by atoms with van der Waals surface area (Å²) in [7, 11) is 1.70. The van der Waals surface area contributed by atoms with Gasteiger partial charge in [0, 0.05) is 37.9 Å². The molecule has 3 rings (SSSR count). The molecule has 2 heterocycles. The molecular weight excluding hydrogens is 316 g/mol. The highest BCUT2D eigenvalue weighted by atomic mass is 19.1. The molecule has 0 saturated carbocycles. The molecule has 1 fully saturated rings. The number of nitriles is 1. The van der Waals surface area contributed by atoms with E-state index in [1.165, 1.54) is 15.8 Å². The number of aryl methyl sites for hydroxylation is 1. The molecule has 1 N–H and O–H groups in total. The number of halogens is 2. The Bertz CT molecular complexity index is 803. The zero-order valence-corrected chi connectivity index (χ0v) is 13.0. The van der Waals surface area contributed by atoms with E-state index >= 15 is 0 Å². The van der Waals surface area contributed by atoms with Gasteiger partial charge in [-0.3, -0.25) is 9.48 Å². The number of amides is 1. The third-order valence-corrected chi connectivity index (χ3v) is 3.97. The van der Waals surface area contributed by atoms with Crippen molar-refractivity contribution in [3.63, 3.8) is 0 Å². The summed E-state index contributed by atoms with van der Waals surface area (Å²) in [4.78, 5) is 13.7. The van der Waals surface area contributed by atoms with E-state index in [2.05, 4.69) is 10.4 Å². The van der Waals surface area contributed by atoms with Crippen LogP contribution in [0.3, 0.4) is 0 Å². The third kappa shape index (κ3) is 3.06. The Kier molecular flexibility index (Phi) is 4.16. The molecule has 24 heavy (non-hydrogen) atoms. The Morgan fingerprint density at radius 2 is 2.08 bits per heavy atom. The minimum absolute atomic E-state index is 0.297. The molecule has 0 bridgehead atoms. The predicted molar refractivity (Wildman–Crippen MR) is 81.6 cm³/mol. The van der Waals surface area contributed by atoms with Gasteiger partial charge in [0.1, 0.15) is 17.2 Å². The van der Waals surface area contributed by atoms with Crippen LogP contribution in [0.25, 0.3) is 11.1 Å². The molecule has 1 saturated heterocycles. The Morgan fingerprint density at radius 1 is 1.38 bits per heavy atom. The molecule has 8 heteroatoms. The van der Waals surface area contributed by atoms with E-state index in [1.807, 2.05) is 6.19 Å². The molecule has 1 aliphatic rings. The largest absolute Gasteiger partial charge is 0.347 e. The molecule has 1 atom stereocenters. The van der Waals surface area contributed by atoms with Crippen molar-refractivity contribution in [2.75, 3.05) is 13.1 Å². The van der Waals surface area contributed by atoms with E-state index in [1.54, 1.807) is 13.2 Å². The van der Waals surface area contributed by atoms with E-state index < -0.39 is 23.1 Å². The summed E-state index contributed by atoms with van der Waals surface area (Å²) in [6, 6.07) is 1.94. The second-order valence-corrected chi connectivity index (χ2v) is 5.72. The summed E-state index contributed by atoms with van der Waals surface area (Å²) in [6.07, 6.45) is 5.67. The zero-order valence-electron chi connectivity index (χ0n) is 13.0. The first-order valence-corrected chi connectivity index (χ1v) is 7.41. The Hall–Kier alpha value is -2.95. The number of nitrogens with zero attached hydrogens (tertiary/aromatic N) is 4. The SMILES string of the molecule is Cn1cc(-c2cc(F)c(C(=O)NC3CCN(C#N)C3)c(F)c2)cn1. The Balaban J connectivity index is 1.81. The van der Waals surface area contributed by atoms with Gasteiger partial charge < -0.3 is 10.2 Å². The topological polar surface area (TPSA) is 74.0 Å². The summed E-state index contributed by atoms with van der Waals surface area (Å²) in [5.41, 5.74) is 0.256. The molecule has 0 aliphatic carbocycles. The predicted octanol–water partition coefficient (Wildman–Crippen LogP) is 1.65. The van der Waals surface area contributed by atoms with Crippen LogP contribution in [0.2, 0.25) is 0 Å². The molecule has 1 unspecified atom stereocenters. The van der Waals surface area contributed by atoms with Crippen LogP contribution < -0.4 is 5.32 Å². The number of carbonyl (C=O) groups excluding carboxylic acids is 1. The molecule has 0 spiro atoms. The minimum atomic E-state index is -0.929. The highest BCUT2D eigenvalue weighted by Gasteiger charge is 2.26. The number of hydrogen-bond donors (Lipinski definition) is 1. The number of benzene rings is 1. The van der Waals surface area contributed by atoms with Crippen LogP contribution >= 0.6 is 0 Å². The number of carbonyl (C=O) groups is 1. The van der Waals surface area contributed by atoms with Crippen molar-refractivity contribution in [2.45, 2.75) is 12.5 Å². The van der Waals surface area contributed by atoms with Gasteiger partial charge >= 0.3 is 0 Å². The molecule has 2 aromatic rings. The van der Waals surface area contributed by atoms with Crippen LogP contribution in [-0.2, 0) is 7.05 Å². The molecule has 124 valence electrons. The van der Waals surface area contributed by atoms with Gasteiger partial charge in [-0.05, 0) is 24.1 Å². The van der Waals surface area contributed by atoms with Gasteiger partial charge in [-0.2, -0.15) is 10.4 Å². The van der Waals surface area contributed by atoms with Crippen molar-refractivity contribution in [3.05, 3.63) is 41.7 Å². The van der Waals surface area contributed by atoms with Gasteiger partial charge in [0.2, 0.25) is 0 Å². The summed E-state index contributed by atoms with van der Waals surface area (Å²) < 4.78 is 30.1. The first kappa shape index (κ1) is 15.9. The molecule has 0 radical (unpaired) electrons. The van der Waals surface area contributed by atoms with Gasteiger partial charge in [-0.15, -0.1) is 0 Å². The number of nitrogens with one attached hydrogen (secondary N) is 1. The van der Waals surface area contributed by atoms with Gasteiger partial charge in [0.15, 0.2) is 6.19 Å². The molecule has 6 nitrogen and oxygen atoms in total. The summed E-state index contributed by atoms with van der Waals surface area (Å²) in [5, 5.41) is 15.3. The second-order valence-electron chi connectivity index (χ2n) is 5.72. The van der Waals surface area contributed by atoms with Gasteiger partial charge in [0.25, 0.3) is 5.91 Å². The number of hydrogen-bond acceptors (Lipinski definition) is 4. The highest BCUT2D eigenvalue weighted by molar-refractivity contribution is 5.95. The van der Waals surface area contributed by atoms with Crippen molar-refractivity contribution in [3.8, 4) is 17.3 Å². The average Bonchev–Trinajstić information content (AvgIpc) is 3.15. The lowest BCUT2D eigenvalue weighted by atomic mass is 10.0. The number of rotatable bonds is 3.